The lowest BCUT2D eigenvalue weighted by Gasteiger charge is -2.15. The normalized spacial score (nSPS) is 16.8. The number of benzene rings is 1. The number of nitrogens with one attached hydrogen (secondary N) is 1. The Morgan fingerprint density at radius 1 is 1.45 bits per heavy atom. The van der Waals surface area contributed by atoms with E-state index in [0.717, 1.165) is 6.07 Å². The molecule has 0 heterocycles. The summed E-state index contributed by atoms with van der Waals surface area (Å²) in [6, 6.07) is 1.13. The molecule has 1 aromatic carbocycles. The summed E-state index contributed by atoms with van der Waals surface area (Å²) < 4.78 is 13.9. The number of rotatable bonds is 1. The highest BCUT2D eigenvalue weighted by Gasteiger charge is 2.28. The number of hydrogen-bond donors (Lipinski definition) is 2. The molecular weight excluding hydrogens is 263 g/mol. The number of carbonyl (C=O) groups is 2. The van der Waals surface area contributed by atoms with Crippen LogP contribution in [0.2, 0.25) is 0 Å². The first-order valence-electron chi connectivity index (χ1n) is 6.31. The molecule has 0 aromatic heterocycles. The Bertz CT molecular complexity index is 623. The Labute approximate surface area is 115 Å². The van der Waals surface area contributed by atoms with Crippen molar-refractivity contribution in [2.75, 3.05) is 5.32 Å². The van der Waals surface area contributed by atoms with Crippen LogP contribution >= 0.6 is 0 Å². The molecule has 20 heavy (non-hydrogen) atoms. The Hall–Kier alpha value is -2.24. The van der Waals surface area contributed by atoms with E-state index in [2.05, 4.69) is 10.5 Å². The number of nitrogens with zero attached hydrogens (tertiary/aromatic N) is 1. The molecule has 0 unspecified atom stereocenters. The van der Waals surface area contributed by atoms with Gasteiger partial charge in [-0.2, -0.15) is 0 Å². The summed E-state index contributed by atoms with van der Waals surface area (Å²) in [6.07, 6.45) is 1.41. The van der Waals surface area contributed by atoms with Crippen LogP contribution in [0, 0.1) is 12.7 Å². The quantitative estimate of drug-likeness (QED) is 0.470. The first kappa shape index (κ1) is 14.2. The Kier molecular flexibility index (Phi) is 3.83. The van der Waals surface area contributed by atoms with E-state index in [-0.39, 0.29) is 17.0 Å². The van der Waals surface area contributed by atoms with Crippen molar-refractivity contribution >= 4 is 23.1 Å². The van der Waals surface area contributed by atoms with Crippen molar-refractivity contribution in [3.63, 3.8) is 0 Å². The highest BCUT2D eigenvalue weighted by atomic mass is 19.1. The second-order valence-electron chi connectivity index (χ2n) is 4.80. The maximum atomic E-state index is 13.9. The molecular formula is C14H15FN2O3. The minimum Gasteiger partial charge on any atom is -0.411 e. The predicted molar refractivity (Wildman–Crippen MR) is 71.9 cm³/mol. The standard InChI is InChI=1S/C14H15FN2O3/c1-7-9-4-3-5-11(17-20)14(19)13(9)12(6-10(7)15)16-8(2)18/h6,20H,3-5H2,1-2H3,(H,16,18)/b17-11-. The van der Waals surface area contributed by atoms with Crippen LogP contribution in [0.25, 0.3) is 0 Å². The topological polar surface area (TPSA) is 78.8 Å². The Morgan fingerprint density at radius 3 is 2.75 bits per heavy atom. The lowest BCUT2D eigenvalue weighted by atomic mass is 9.94. The third-order valence-electron chi connectivity index (χ3n) is 3.41. The van der Waals surface area contributed by atoms with Crippen molar-refractivity contribution in [3.05, 3.63) is 28.6 Å². The Balaban J connectivity index is 2.70. The number of halogens is 1. The molecule has 106 valence electrons. The number of amides is 1. The molecule has 1 aliphatic rings. The largest absolute Gasteiger partial charge is 0.411 e. The summed E-state index contributed by atoms with van der Waals surface area (Å²) in [5, 5.41) is 14.4. The number of Topliss-reactive ketones (excluding diaryl/α,β-unsaturated/α-hetero) is 1. The van der Waals surface area contributed by atoms with Gasteiger partial charge < -0.3 is 10.5 Å². The van der Waals surface area contributed by atoms with Gasteiger partial charge in [-0.1, -0.05) is 5.16 Å². The second kappa shape index (κ2) is 5.40. The van der Waals surface area contributed by atoms with E-state index >= 15 is 0 Å². The van der Waals surface area contributed by atoms with E-state index in [4.69, 9.17) is 5.21 Å². The number of hydrogen-bond acceptors (Lipinski definition) is 4. The van der Waals surface area contributed by atoms with Gasteiger partial charge in [-0.05, 0) is 43.4 Å². The van der Waals surface area contributed by atoms with Gasteiger partial charge in [-0.25, -0.2) is 4.39 Å². The fourth-order valence-corrected chi connectivity index (χ4v) is 2.45. The van der Waals surface area contributed by atoms with Crippen LogP contribution in [-0.4, -0.2) is 22.6 Å². The van der Waals surface area contributed by atoms with Gasteiger partial charge in [0.2, 0.25) is 11.7 Å². The fraction of sp³-hybridized carbons (Fsp3) is 0.357. The van der Waals surface area contributed by atoms with E-state index < -0.39 is 17.5 Å². The van der Waals surface area contributed by atoms with Gasteiger partial charge in [-0.3, -0.25) is 9.59 Å². The number of anilines is 1. The molecule has 2 rings (SSSR count). The van der Waals surface area contributed by atoms with E-state index in [1.54, 1.807) is 6.92 Å². The Morgan fingerprint density at radius 2 is 2.15 bits per heavy atom. The molecule has 0 fully saturated rings. The molecule has 0 atom stereocenters. The average Bonchev–Trinajstić information content (AvgIpc) is 2.54. The van der Waals surface area contributed by atoms with Crippen molar-refractivity contribution < 1.29 is 19.2 Å². The van der Waals surface area contributed by atoms with Gasteiger partial charge in [0.25, 0.3) is 0 Å². The zero-order valence-corrected chi connectivity index (χ0v) is 11.3. The monoisotopic (exact) mass is 278 g/mol. The van der Waals surface area contributed by atoms with Gasteiger partial charge in [0.1, 0.15) is 11.5 Å². The zero-order valence-electron chi connectivity index (χ0n) is 11.3. The smallest absolute Gasteiger partial charge is 0.221 e. The van der Waals surface area contributed by atoms with Crippen molar-refractivity contribution in [1.29, 1.82) is 0 Å². The molecule has 0 spiro atoms. The predicted octanol–water partition coefficient (Wildman–Crippen LogP) is 2.44. The van der Waals surface area contributed by atoms with Gasteiger partial charge in [0.05, 0.1) is 11.3 Å². The molecule has 6 heteroatoms. The van der Waals surface area contributed by atoms with Crippen LogP contribution in [0.4, 0.5) is 10.1 Å². The number of fused-ring (bicyclic) bond motifs is 1. The summed E-state index contributed by atoms with van der Waals surface area (Å²) in [7, 11) is 0. The van der Waals surface area contributed by atoms with Crippen molar-refractivity contribution in [2.24, 2.45) is 5.16 Å². The van der Waals surface area contributed by atoms with E-state index in [1.807, 2.05) is 0 Å². The van der Waals surface area contributed by atoms with Gasteiger partial charge in [-0.15, -0.1) is 0 Å². The molecule has 0 saturated heterocycles. The van der Waals surface area contributed by atoms with E-state index in [1.165, 1.54) is 6.92 Å². The molecule has 1 amide bonds. The minimum atomic E-state index is -0.468. The van der Waals surface area contributed by atoms with Crippen LogP contribution in [0.1, 0.15) is 41.3 Å². The molecule has 0 radical (unpaired) electrons. The van der Waals surface area contributed by atoms with Gasteiger partial charge in [0, 0.05) is 6.92 Å². The summed E-state index contributed by atoms with van der Waals surface area (Å²) in [5.41, 5.74) is 1.34. The summed E-state index contributed by atoms with van der Waals surface area (Å²) in [4.78, 5) is 23.6. The molecule has 1 aromatic rings. The maximum Gasteiger partial charge on any atom is 0.221 e. The highest BCUT2D eigenvalue weighted by Crippen LogP contribution is 2.31. The molecule has 0 saturated carbocycles. The maximum absolute atomic E-state index is 13.9. The lowest BCUT2D eigenvalue weighted by molar-refractivity contribution is -0.114. The summed E-state index contributed by atoms with van der Waals surface area (Å²) in [5.74, 6) is -1.33. The van der Waals surface area contributed by atoms with Crippen LogP contribution in [-0.2, 0) is 11.2 Å². The fourth-order valence-electron chi connectivity index (χ4n) is 2.45. The van der Waals surface area contributed by atoms with Crippen molar-refractivity contribution in [3.8, 4) is 0 Å². The summed E-state index contributed by atoms with van der Waals surface area (Å²) in [6.45, 7) is 2.88. The third-order valence-corrected chi connectivity index (χ3v) is 3.41. The van der Waals surface area contributed by atoms with Crippen LogP contribution in [0.3, 0.4) is 0 Å². The van der Waals surface area contributed by atoms with E-state index in [9.17, 15) is 14.0 Å². The summed E-state index contributed by atoms with van der Waals surface area (Å²) >= 11 is 0. The molecule has 1 aliphatic carbocycles. The minimum absolute atomic E-state index is 0.0290. The van der Waals surface area contributed by atoms with Crippen molar-refractivity contribution in [1.82, 2.24) is 0 Å². The average molecular weight is 278 g/mol. The molecule has 0 bridgehead atoms. The van der Waals surface area contributed by atoms with Gasteiger partial charge >= 0.3 is 0 Å². The number of oxime groups is 1. The van der Waals surface area contributed by atoms with E-state index in [0.29, 0.717) is 30.4 Å². The lowest BCUT2D eigenvalue weighted by Crippen LogP contribution is -2.19. The first-order chi connectivity index (χ1) is 9.45. The SMILES string of the molecule is CC(=O)Nc1cc(F)c(C)c2c1C(=O)/C(=N\O)CCC2. The molecule has 0 aliphatic heterocycles. The van der Waals surface area contributed by atoms with Crippen LogP contribution < -0.4 is 5.32 Å². The highest BCUT2D eigenvalue weighted by molar-refractivity contribution is 6.47. The third kappa shape index (κ3) is 2.41. The van der Waals surface area contributed by atoms with Crippen LogP contribution in [0.15, 0.2) is 11.2 Å². The molecule has 5 nitrogen and oxygen atoms in total. The van der Waals surface area contributed by atoms with Crippen LogP contribution in [0.5, 0.6) is 0 Å². The number of ketones is 1. The van der Waals surface area contributed by atoms with Crippen molar-refractivity contribution in [2.45, 2.75) is 33.1 Å². The zero-order chi connectivity index (χ0) is 14.9. The van der Waals surface area contributed by atoms with Gasteiger partial charge in [0.15, 0.2) is 0 Å². The first-order valence-corrected chi connectivity index (χ1v) is 6.31. The second-order valence-corrected chi connectivity index (χ2v) is 4.80. The number of carbonyl (C=O) groups excluding carboxylic acids is 2. The molecule has 2 N–H and O–H groups in total.